The number of unbranched alkanes of at least 4 members (excludes halogenated alkanes) is 3. The molecule has 104 valence electrons. The lowest BCUT2D eigenvalue weighted by molar-refractivity contribution is -0.118. The topological polar surface area (TPSA) is 95.9 Å². The summed E-state index contributed by atoms with van der Waals surface area (Å²) in [5.41, 5.74) is 6.34. The van der Waals surface area contributed by atoms with Crippen LogP contribution in [-0.2, 0) is 4.79 Å². The molecule has 4 N–H and O–H groups in total. The molecule has 0 aliphatic heterocycles. The first kappa shape index (κ1) is 15.0. The van der Waals surface area contributed by atoms with Crippen molar-refractivity contribution in [3.05, 3.63) is 29.8 Å². The van der Waals surface area contributed by atoms with Crippen LogP contribution in [0.2, 0.25) is 0 Å². The zero-order valence-corrected chi connectivity index (χ0v) is 10.9. The summed E-state index contributed by atoms with van der Waals surface area (Å²) in [5.74, 6) is -0.113. The van der Waals surface area contributed by atoms with Crippen LogP contribution in [-0.4, -0.2) is 21.9 Å². The fraction of sp³-hybridized carbons (Fsp3) is 0.429. The molecule has 0 saturated heterocycles. The lowest BCUT2D eigenvalue weighted by Gasteiger charge is -2.05. The average Bonchev–Trinajstić information content (AvgIpc) is 2.37. The summed E-state index contributed by atoms with van der Waals surface area (Å²) in [6, 6.07) is 6.65. The summed E-state index contributed by atoms with van der Waals surface area (Å²) < 4.78 is 0. The van der Waals surface area contributed by atoms with Crippen molar-refractivity contribution < 1.29 is 15.1 Å². The summed E-state index contributed by atoms with van der Waals surface area (Å²) >= 11 is 0. The van der Waals surface area contributed by atoms with Gasteiger partial charge in [0, 0.05) is 12.0 Å². The van der Waals surface area contributed by atoms with E-state index in [0.717, 1.165) is 31.2 Å². The Kier molecular flexibility index (Phi) is 6.43. The summed E-state index contributed by atoms with van der Waals surface area (Å²) in [6.45, 7) is 0. The molecule has 0 bridgehead atoms. The Labute approximate surface area is 112 Å². The van der Waals surface area contributed by atoms with Gasteiger partial charge in [-0.3, -0.25) is 4.79 Å². The van der Waals surface area contributed by atoms with Crippen LogP contribution in [0.5, 0.6) is 5.75 Å². The SMILES string of the molecule is NC(=O)CCCCCCC(=NO)c1cccc(O)c1. The molecule has 0 heterocycles. The molecule has 0 aliphatic rings. The molecule has 0 unspecified atom stereocenters. The maximum Gasteiger partial charge on any atom is 0.217 e. The van der Waals surface area contributed by atoms with Gasteiger partial charge in [0.25, 0.3) is 0 Å². The van der Waals surface area contributed by atoms with Crippen LogP contribution >= 0.6 is 0 Å². The number of amides is 1. The number of phenolic OH excluding ortho intramolecular Hbond substituents is 1. The second kappa shape index (κ2) is 8.13. The van der Waals surface area contributed by atoms with E-state index in [1.54, 1.807) is 24.3 Å². The highest BCUT2D eigenvalue weighted by atomic mass is 16.4. The molecule has 1 aromatic rings. The van der Waals surface area contributed by atoms with Crippen LogP contribution in [0.3, 0.4) is 0 Å². The molecular weight excluding hydrogens is 244 g/mol. The lowest BCUT2D eigenvalue weighted by Crippen LogP contribution is -2.09. The third kappa shape index (κ3) is 5.90. The van der Waals surface area contributed by atoms with Gasteiger partial charge in [0.05, 0.1) is 5.71 Å². The molecular formula is C14H20N2O3. The molecule has 0 fully saturated rings. The van der Waals surface area contributed by atoms with Crippen LogP contribution < -0.4 is 5.73 Å². The number of carbonyl (C=O) groups is 1. The smallest absolute Gasteiger partial charge is 0.217 e. The van der Waals surface area contributed by atoms with E-state index < -0.39 is 0 Å². The first-order chi connectivity index (χ1) is 9.13. The zero-order valence-electron chi connectivity index (χ0n) is 10.9. The molecule has 5 nitrogen and oxygen atoms in total. The van der Waals surface area contributed by atoms with E-state index >= 15 is 0 Å². The van der Waals surface area contributed by atoms with Crippen LogP contribution in [0, 0.1) is 0 Å². The minimum absolute atomic E-state index is 0.153. The van der Waals surface area contributed by atoms with Crippen LogP contribution in [0.25, 0.3) is 0 Å². The molecule has 1 amide bonds. The molecule has 1 rings (SSSR count). The number of hydrogen-bond donors (Lipinski definition) is 3. The van der Waals surface area contributed by atoms with E-state index in [-0.39, 0.29) is 11.7 Å². The molecule has 0 spiro atoms. The summed E-state index contributed by atoms with van der Waals surface area (Å²) in [4.78, 5) is 10.5. The Bertz CT molecular complexity index is 444. The van der Waals surface area contributed by atoms with Gasteiger partial charge in [-0.2, -0.15) is 0 Å². The molecule has 19 heavy (non-hydrogen) atoms. The second-order valence-electron chi connectivity index (χ2n) is 4.48. The average molecular weight is 264 g/mol. The van der Waals surface area contributed by atoms with Gasteiger partial charge in [-0.1, -0.05) is 30.1 Å². The van der Waals surface area contributed by atoms with Gasteiger partial charge >= 0.3 is 0 Å². The van der Waals surface area contributed by atoms with E-state index in [0.29, 0.717) is 18.6 Å². The van der Waals surface area contributed by atoms with Crippen molar-refractivity contribution in [1.82, 2.24) is 0 Å². The highest BCUT2D eigenvalue weighted by Gasteiger charge is 2.05. The summed E-state index contributed by atoms with van der Waals surface area (Å²) in [7, 11) is 0. The number of rotatable bonds is 8. The number of nitrogens with two attached hydrogens (primary N) is 1. The van der Waals surface area contributed by atoms with E-state index in [1.807, 2.05) is 0 Å². The Morgan fingerprint density at radius 1 is 1.16 bits per heavy atom. The van der Waals surface area contributed by atoms with Crippen molar-refractivity contribution in [1.29, 1.82) is 0 Å². The number of benzene rings is 1. The van der Waals surface area contributed by atoms with Crippen LogP contribution in [0.1, 0.15) is 44.1 Å². The molecule has 0 atom stereocenters. The second-order valence-corrected chi connectivity index (χ2v) is 4.48. The lowest BCUT2D eigenvalue weighted by atomic mass is 10.0. The highest BCUT2D eigenvalue weighted by molar-refractivity contribution is 6.00. The van der Waals surface area contributed by atoms with E-state index in [9.17, 15) is 9.90 Å². The standard InChI is InChI=1S/C14H20N2O3/c15-14(18)9-4-2-1-3-8-13(16-19)11-6-5-7-12(17)10-11/h5-7,10,17,19H,1-4,8-9H2,(H2,15,18). The van der Waals surface area contributed by atoms with Gasteiger partial charge < -0.3 is 16.0 Å². The Morgan fingerprint density at radius 2 is 1.84 bits per heavy atom. The number of hydrogen-bond acceptors (Lipinski definition) is 4. The van der Waals surface area contributed by atoms with E-state index in [4.69, 9.17) is 10.9 Å². The van der Waals surface area contributed by atoms with Gasteiger partial charge in [0.15, 0.2) is 0 Å². The fourth-order valence-electron chi connectivity index (χ4n) is 1.88. The normalized spacial score (nSPS) is 11.5. The van der Waals surface area contributed by atoms with Crippen molar-refractivity contribution >= 4 is 11.6 Å². The third-order valence-electron chi connectivity index (χ3n) is 2.89. The largest absolute Gasteiger partial charge is 0.508 e. The van der Waals surface area contributed by atoms with E-state index in [1.165, 1.54) is 0 Å². The fourth-order valence-corrected chi connectivity index (χ4v) is 1.88. The molecule has 0 aliphatic carbocycles. The quantitative estimate of drug-likeness (QED) is 0.291. The first-order valence-electron chi connectivity index (χ1n) is 6.42. The Morgan fingerprint density at radius 3 is 2.42 bits per heavy atom. The van der Waals surface area contributed by atoms with Crippen molar-refractivity contribution in [3.63, 3.8) is 0 Å². The Hall–Kier alpha value is -2.04. The molecule has 0 aromatic heterocycles. The maximum absolute atomic E-state index is 10.5. The zero-order chi connectivity index (χ0) is 14.1. The van der Waals surface area contributed by atoms with Gasteiger partial charge in [-0.15, -0.1) is 0 Å². The molecule has 0 saturated carbocycles. The minimum Gasteiger partial charge on any atom is -0.508 e. The van der Waals surface area contributed by atoms with Gasteiger partial charge in [0.1, 0.15) is 5.75 Å². The number of nitrogens with zero attached hydrogens (tertiary/aromatic N) is 1. The van der Waals surface area contributed by atoms with Crippen LogP contribution in [0.15, 0.2) is 29.4 Å². The van der Waals surface area contributed by atoms with Crippen molar-refractivity contribution in [2.24, 2.45) is 10.9 Å². The summed E-state index contributed by atoms with van der Waals surface area (Å²) in [5, 5.41) is 21.6. The molecule has 0 radical (unpaired) electrons. The number of carbonyl (C=O) groups excluding carboxylic acids is 1. The number of oxime groups is 1. The third-order valence-corrected chi connectivity index (χ3v) is 2.89. The van der Waals surface area contributed by atoms with Gasteiger partial charge in [-0.05, 0) is 31.4 Å². The molecule has 1 aromatic carbocycles. The van der Waals surface area contributed by atoms with Gasteiger partial charge in [-0.25, -0.2) is 0 Å². The Balaban J connectivity index is 2.32. The monoisotopic (exact) mass is 264 g/mol. The van der Waals surface area contributed by atoms with E-state index in [2.05, 4.69) is 5.16 Å². The predicted octanol–water partition coefficient (Wildman–Crippen LogP) is 2.40. The van der Waals surface area contributed by atoms with Crippen molar-refractivity contribution in [2.75, 3.05) is 0 Å². The first-order valence-corrected chi connectivity index (χ1v) is 6.42. The van der Waals surface area contributed by atoms with Crippen LogP contribution in [0.4, 0.5) is 0 Å². The predicted molar refractivity (Wildman–Crippen MR) is 73.3 cm³/mol. The number of phenols is 1. The molecule has 5 heteroatoms. The highest BCUT2D eigenvalue weighted by Crippen LogP contribution is 2.15. The number of aromatic hydroxyl groups is 1. The van der Waals surface area contributed by atoms with Crippen molar-refractivity contribution in [3.8, 4) is 5.75 Å². The van der Waals surface area contributed by atoms with Gasteiger partial charge in [0.2, 0.25) is 5.91 Å². The summed E-state index contributed by atoms with van der Waals surface area (Å²) in [6.07, 6.45) is 4.61. The minimum atomic E-state index is -0.266. The number of primary amides is 1. The maximum atomic E-state index is 10.5. The van der Waals surface area contributed by atoms with Crippen molar-refractivity contribution in [2.45, 2.75) is 38.5 Å².